The molecule has 218 valence electrons. The minimum Gasteiger partial charge on any atom is -0.480 e. The summed E-state index contributed by atoms with van der Waals surface area (Å²) in [5, 5.41) is 17.1. The summed E-state index contributed by atoms with van der Waals surface area (Å²) in [6.07, 6.45) is 3.15. The van der Waals surface area contributed by atoms with Crippen molar-refractivity contribution >= 4 is 46.4 Å². The van der Waals surface area contributed by atoms with Gasteiger partial charge in [-0.25, -0.2) is 9.78 Å². The summed E-state index contributed by atoms with van der Waals surface area (Å²) >= 11 is 0. The average Bonchev–Trinajstić information content (AvgIpc) is 3.57. The van der Waals surface area contributed by atoms with Crippen molar-refractivity contribution in [3.63, 3.8) is 0 Å². The molecular formula is C25H31N9O7. The van der Waals surface area contributed by atoms with Crippen molar-refractivity contribution < 1.29 is 33.9 Å². The number of H-pyrrole nitrogens is 2. The predicted molar refractivity (Wildman–Crippen MR) is 143 cm³/mol. The number of nitrogens with one attached hydrogen (secondary N) is 5. The number of nitrogens with two attached hydrogens (primary N) is 3. The van der Waals surface area contributed by atoms with Crippen LogP contribution in [0.25, 0.3) is 10.9 Å². The van der Waals surface area contributed by atoms with Gasteiger partial charge in [0.05, 0.1) is 25.2 Å². The summed E-state index contributed by atoms with van der Waals surface area (Å²) in [5.74, 6) is -6.21. The van der Waals surface area contributed by atoms with Crippen LogP contribution in [0.15, 0.2) is 43.0 Å². The van der Waals surface area contributed by atoms with Crippen molar-refractivity contribution in [1.29, 1.82) is 0 Å². The van der Waals surface area contributed by atoms with Gasteiger partial charge in [0.25, 0.3) is 0 Å². The second kappa shape index (κ2) is 13.7. The fourth-order valence-electron chi connectivity index (χ4n) is 4.09. The molecule has 0 radical (unpaired) electrons. The first-order valence-electron chi connectivity index (χ1n) is 12.4. The topological polar surface area (TPSA) is 281 Å². The number of hydrogen-bond acceptors (Lipinski definition) is 8. The van der Waals surface area contributed by atoms with Crippen LogP contribution in [-0.4, -0.2) is 79.7 Å². The molecule has 2 heterocycles. The van der Waals surface area contributed by atoms with Gasteiger partial charge in [-0.3, -0.25) is 24.0 Å². The van der Waals surface area contributed by atoms with Crippen LogP contribution in [0.3, 0.4) is 0 Å². The van der Waals surface area contributed by atoms with Gasteiger partial charge in [-0.1, -0.05) is 18.2 Å². The Hall–Kier alpha value is -5.25. The van der Waals surface area contributed by atoms with Crippen LogP contribution in [0.4, 0.5) is 0 Å². The van der Waals surface area contributed by atoms with Gasteiger partial charge >= 0.3 is 5.97 Å². The zero-order chi connectivity index (χ0) is 30.1. The molecule has 0 saturated heterocycles. The van der Waals surface area contributed by atoms with Crippen LogP contribution < -0.4 is 33.2 Å². The third-order valence-corrected chi connectivity index (χ3v) is 6.12. The molecular weight excluding hydrogens is 538 g/mol. The minimum absolute atomic E-state index is 0.0955. The van der Waals surface area contributed by atoms with E-state index in [1.165, 1.54) is 12.5 Å². The number of amides is 5. The maximum atomic E-state index is 13.3. The van der Waals surface area contributed by atoms with Crippen LogP contribution >= 0.6 is 0 Å². The number of carbonyl (C=O) groups is 6. The van der Waals surface area contributed by atoms with E-state index in [1.54, 1.807) is 6.20 Å². The number of aromatic nitrogens is 3. The Morgan fingerprint density at radius 2 is 1.44 bits per heavy atom. The highest BCUT2D eigenvalue weighted by Gasteiger charge is 2.32. The van der Waals surface area contributed by atoms with Crippen LogP contribution in [0, 0.1) is 0 Å². The van der Waals surface area contributed by atoms with Gasteiger partial charge < -0.3 is 48.2 Å². The number of para-hydroxylation sites is 1. The van der Waals surface area contributed by atoms with Crippen LogP contribution in [0.1, 0.15) is 24.1 Å². The normalized spacial score (nSPS) is 13.9. The smallest absolute Gasteiger partial charge is 0.326 e. The molecule has 4 atom stereocenters. The van der Waals surface area contributed by atoms with E-state index in [-0.39, 0.29) is 12.8 Å². The van der Waals surface area contributed by atoms with Crippen LogP contribution in [0.5, 0.6) is 0 Å². The highest BCUT2D eigenvalue weighted by Crippen LogP contribution is 2.18. The minimum atomic E-state index is -1.71. The molecule has 0 saturated carbocycles. The van der Waals surface area contributed by atoms with Crippen molar-refractivity contribution in [2.45, 2.75) is 49.9 Å². The molecule has 16 heteroatoms. The lowest BCUT2D eigenvalue weighted by molar-refractivity contribution is -0.144. The lowest BCUT2D eigenvalue weighted by Crippen LogP contribution is -2.58. The Kier molecular flexibility index (Phi) is 10.1. The Morgan fingerprint density at radius 3 is 2.07 bits per heavy atom. The second-order valence-electron chi connectivity index (χ2n) is 9.31. The first-order valence-corrected chi connectivity index (χ1v) is 12.4. The number of carboxylic acid groups (broad SMARTS) is 1. The number of primary amides is 2. The average molecular weight is 570 g/mol. The van der Waals surface area contributed by atoms with Crippen molar-refractivity contribution in [3.05, 3.63) is 54.2 Å². The van der Waals surface area contributed by atoms with Crippen molar-refractivity contribution in [1.82, 2.24) is 30.9 Å². The van der Waals surface area contributed by atoms with Crippen molar-refractivity contribution in [2.75, 3.05) is 0 Å². The highest BCUT2D eigenvalue weighted by molar-refractivity contribution is 5.97. The molecule has 2 aromatic heterocycles. The Morgan fingerprint density at radius 1 is 0.829 bits per heavy atom. The molecule has 0 aliphatic heterocycles. The van der Waals surface area contributed by atoms with Gasteiger partial charge in [0.2, 0.25) is 29.5 Å². The number of fused-ring (bicyclic) bond motifs is 1. The van der Waals surface area contributed by atoms with E-state index in [9.17, 15) is 33.9 Å². The van der Waals surface area contributed by atoms with E-state index in [0.29, 0.717) is 5.69 Å². The fraction of sp³-hybridized carbons (Fsp3) is 0.320. The largest absolute Gasteiger partial charge is 0.480 e. The van der Waals surface area contributed by atoms with Gasteiger partial charge in [0.15, 0.2) is 0 Å². The predicted octanol–water partition coefficient (Wildman–Crippen LogP) is -2.71. The highest BCUT2D eigenvalue weighted by atomic mass is 16.4. The number of rotatable bonds is 15. The van der Waals surface area contributed by atoms with E-state index >= 15 is 0 Å². The first kappa shape index (κ1) is 30.3. The number of nitrogens with zero attached hydrogens (tertiary/aromatic N) is 1. The molecule has 0 aliphatic carbocycles. The Balaban J connectivity index is 1.75. The van der Waals surface area contributed by atoms with E-state index in [2.05, 4.69) is 30.9 Å². The van der Waals surface area contributed by atoms with Gasteiger partial charge in [-0.15, -0.1) is 0 Å². The molecule has 1 aromatic carbocycles. The third-order valence-electron chi connectivity index (χ3n) is 6.12. The third kappa shape index (κ3) is 8.62. The molecule has 5 amide bonds. The van der Waals surface area contributed by atoms with E-state index in [0.717, 1.165) is 16.5 Å². The molecule has 16 nitrogen and oxygen atoms in total. The molecule has 41 heavy (non-hydrogen) atoms. The zero-order valence-corrected chi connectivity index (χ0v) is 21.8. The van der Waals surface area contributed by atoms with Gasteiger partial charge in [-0.05, 0) is 18.1 Å². The summed E-state index contributed by atoms with van der Waals surface area (Å²) in [5.41, 5.74) is 18.5. The zero-order valence-electron chi connectivity index (χ0n) is 21.8. The molecule has 3 aromatic rings. The quantitative estimate of drug-likeness (QED) is 0.0918. The molecule has 0 spiro atoms. The SMILES string of the molecule is NC(=O)CC(NC(=O)C(CC(N)=O)NC(=O)C(Cc1cnc[nH]1)NC(=O)C(N)Cc1c[nH]c2ccccc12)C(=O)O. The summed E-state index contributed by atoms with van der Waals surface area (Å²) in [7, 11) is 0. The number of carboxylic acids is 1. The van der Waals surface area contributed by atoms with Crippen LogP contribution in [-0.2, 0) is 41.6 Å². The van der Waals surface area contributed by atoms with Gasteiger partial charge in [-0.2, -0.15) is 0 Å². The second-order valence-corrected chi connectivity index (χ2v) is 9.31. The monoisotopic (exact) mass is 569 g/mol. The van der Waals surface area contributed by atoms with E-state index in [1.807, 2.05) is 24.3 Å². The van der Waals surface area contributed by atoms with Crippen molar-refractivity contribution in [2.24, 2.45) is 17.2 Å². The molecule has 0 bridgehead atoms. The molecule has 0 fully saturated rings. The molecule has 12 N–H and O–H groups in total. The maximum Gasteiger partial charge on any atom is 0.326 e. The molecule has 0 aliphatic rings. The summed E-state index contributed by atoms with van der Waals surface area (Å²) in [6, 6.07) is 1.77. The van der Waals surface area contributed by atoms with Gasteiger partial charge in [0.1, 0.15) is 18.1 Å². The number of benzene rings is 1. The van der Waals surface area contributed by atoms with Crippen molar-refractivity contribution in [3.8, 4) is 0 Å². The fourth-order valence-corrected chi connectivity index (χ4v) is 4.09. The number of imidazole rings is 1. The lowest BCUT2D eigenvalue weighted by Gasteiger charge is -2.24. The first-order chi connectivity index (χ1) is 19.4. The number of aliphatic carboxylic acids is 1. The summed E-state index contributed by atoms with van der Waals surface area (Å²) in [6.45, 7) is 0. The van der Waals surface area contributed by atoms with Crippen LogP contribution in [0.2, 0.25) is 0 Å². The maximum absolute atomic E-state index is 13.3. The Labute approximate surface area is 232 Å². The lowest BCUT2D eigenvalue weighted by atomic mass is 10.0. The van der Waals surface area contributed by atoms with E-state index < -0.39 is 72.5 Å². The molecule has 3 rings (SSSR count). The van der Waals surface area contributed by atoms with E-state index in [4.69, 9.17) is 17.2 Å². The number of aromatic amines is 2. The standard InChI is InChI=1S/C25H31N9O7/c26-15(5-12-9-30-16-4-2-1-3-14(12)16)22(37)32-17(6-13-10-29-11-31-13)23(38)33-18(7-20(27)35)24(39)34-19(25(40)41)8-21(28)36/h1-4,9-11,15,17-19,30H,5-8,26H2,(H2,27,35)(H2,28,36)(H,29,31)(H,32,37)(H,33,38)(H,34,39)(H,40,41). The molecule has 4 unspecified atom stereocenters. The number of hydrogen-bond donors (Lipinski definition) is 9. The Bertz CT molecular complexity index is 1420. The van der Waals surface area contributed by atoms with Gasteiger partial charge in [0, 0.05) is 35.4 Å². The summed E-state index contributed by atoms with van der Waals surface area (Å²) < 4.78 is 0. The summed E-state index contributed by atoms with van der Waals surface area (Å²) in [4.78, 5) is 83.2. The number of carbonyl (C=O) groups excluding carboxylic acids is 5.